The molecule has 0 N–H and O–H groups in total. The van der Waals surface area contributed by atoms with Crippen LogP contribution in [0.25, 0.3) is 0 Å². The molecule has 3 atom stereocenters. The molecule has 3 unspecified atom stereocenters. The molecule has 0 aromatic heterocycles. The lowest BCUT2D eigenvalue weighted by Gasteiger charge is -2.36. The van der Waals surface area contributed by atoms with E-state index in [1.54, 1.807) is 18.2 Å². The maximum absolute atomic E-state index is 12.9. The Morgan fingerprint density at radius 2 is 1.83 bits per heavy atom. The van der Waals surface area contributed by atoms with Gasteiger partial charge in [0.15, 0.2) is 0 Å². The molecule has 1 heterocycles. The minimum Gasteiger partial charge on any atom is -0.493 e. The van der Waals surface area contributed by atoms with Gasteiger partial charge >= 0.3 is 5.97 Å². The third-order valence-corrected chi connectivity index (χ3v) is 6.16. The lowest BCUT2D eigenvalue weighted by molar-refractivity contribution is -0.132. The molecule has 0 saturated heterocycles. The first-order chi connectivity index (χ1) is 14.4. The maximum Gasteiger partial charge on any atom is 0.339 e. The van der Waals surface area contributed by atoms with Crippen LogP contribution in [0, 0.1) is 19.8 Å². The number of ether oxygens (including phenoxy) is 3. The van der Waals surface area contributed by atoms with Gasteiger partial charge in [-0.15, -0.1) is 0 Å². The van der Waals surface area contributed by atoms with Gasteiger partial charge in [-0.3, -0.25) is 4.79 Å². The second kappa shape index (κ2) is 8.64. The van der Waals surface area contributed by atoms with Crippen LogP contribution in [0.15, 0.2) is 59.0 Å². The molecule has 2 aromatic rings. The van der Waals surface area contributed by atoms with E-state index in [0.717, 1.165) is 11.1 Å². The summed E-state index contributed by atoms with van der Waals surface area (Å²) in [7, 11) is 0. The minimum absolute atomic E-state index is 0.0546. The highest BCUT2D eigenvalue weighted by Gasteiger charge is 2.42. The molecule has 1 aliphatic heterocycles. The van der Waals surface area contributed by atoms with E-state index in [1.165, 1.54) is 6.26 Å². The molecular weight excluding hydrogens is 448 g/mol. The van der Waals surface area contributed by atoms with Crippen molar-refractivity contribution >= 4 is 27.7 Å². The summed E-state index contributed by atoms with van der Waals surface area (Å²) >= 11 is 3.38. The average Bonchev–Trinajstić information content (AvgIpc) is 2.70. The summed E-state index contributed by atoms with van der Waals surface area (Å²) in [5.74, 6) is 0.146. The van der Waals surface area contributed by atoms with E-state index in [-0.39, 0.29) is 35.6 Å². The number of esters is 1. The third kappa shape index (κ3) is 4.43. The molecule has 156 valence electrons. The lowest BCUT2D eigenvalue weighted by Crippen LogP contribution is -2.43. The fourth-order valence-corrected chi connectivity index (χ4v) is 4.52. The summed E-state index contributed by atoms with van der Waals surface area (Å²) in [4.78, 5) is 25.4. The zero-order valence-corrected chi connectivity index (χ0v) is 18.5. The van der Waals surface area contributed by atoms with Crippen molar-refractivity contribution in [3.05, 3.63) is 75.6 Å². The third-order valence-electron chi connectivity index (χ3n) is 5.46. The van der Waals surface area contributed by atoms with E-state index >= 15 is 0 Å². The summed E-state index contributed by atoms with van der Waals surface area (Å²) in [5, 5.41) is 0. The van der Waals surface area contributed by atoms with Crippen molar-refractivity contribution in [1.29, 1.82) is 0 Å². The van der Waals surface area contributed by atoms with Gasteiger partial charge in [-0.2, -0.15) is 0 Å². The summed E-state index contributed by atoms with van der Waals surface area (Å²) < 4.78 is 18.0. The van der Waals surface area contributed by atoms with Crippen molar-refractivity contribution in [2.45, 2.75) is 45.3 Å². The number of hydrogen-bond acceptors (Lipinski definition) is 5. The molecule has 2 aliphatic rings. The first-order valence-corrected chi connectivity index (χ1v) is 10.8. The van der Waals surface area contributed by atoms with Crippen LogP contribution < -0.4 is 4.74 Å². The predicted octanol–water partition coefficient (Wildman–Crippen LogP) is 5.28. The summed E-state index contributed by atoms with van der Waals surface area (Å²) in [6.07, 6.45) is 2.50. The number of halogens is 1. The Labute approximate surface area is 184 Å². The molecule has 0 amide bonds. The van der Waals surface area contributed by atoms with Crippen LogP contribution in [0.3, 0.4) is 0 Å². The fourth-order valence-electron chi connectivity index (χ4n) is 4.07. The monoisotopic (exact) mass is 470 g/mol. The topological polar surface area (TPSA) is 61.8 Å². The summed E-state index contributed by atoms with van der Waals surface area (Å²) in [6.45, 7) is 3.97. The van der Waals surface area contributed by atoms with Gasteiger partial charge in [-0.05, 0) is 78.0 Å². The van der Waals surface area contributed by atoms with Crippen molar-refractivity contribution in [3.8, 4) is 5.75 Å². The molecule has 1 aliphatic carbocycles. The highest BCUT2D eigenvalue weighted by molar-refractivity contribution is 9.10. The molecule has 30 heavy (non-hydrogen) atoms. The number of benzene rings is 2. The van der Waals surface area contributed by atoms with E-state index < -0.39 is 0 Å². The van der Waals surface area contributed by atoms with Crippen LogP contribution in [0.4, 0.5) is 0 Å². The minimum atomic E-state index is -0.373. The molecular formula is C24H23BrO5. The highest BCUT2D eigenvalue weighted by Crippen LogP contribution is 2.35. The summed E-state index contributed by atoms with van der Waals surface area (Å²) in [6, 6.07) is 13.0. The maximum atomic E-state index is 12.9. The normalized spacial score (nSPS) is 23.1. The Kier molecular flexibility index (Phi) is 5.95. The van der Waals surface area contributed by atoms with E-state index in [4.69, 9.17) is 14.2 Å². The van der Waals surface area contributed by atoms with E-state index in [9.17, 15) is 9.59 Å². The zero-order chi connectivity index (χ0) is 21.3. The number of hydrogen-bond donors (Lipinski definition) is 0. The molecule has 4 rings (SSSR count). The number of carbonyl (C=O) groups excluding carboxylic acids is 2. The standard InChI is InChI=1S/C24H23BrO5/c1-14-9-15(2)11-17(10-14)29-22-13-28-21-12-16(7-8-19(21)23(22)26)30-24(27)18-5-3-4-6-20(18)25/h3-6,9-11,13,16,19,21H,7-8,12H2,1-2H3. The first-order valence-electron chi connectivity index (χ1n) is 10.0. The van der Waals surface area contributed by atoms with Gasteiger partial charge in [0, 0.05) is 10.9 Å². The van der Waals surface area contributed by atoms with Crippen molar-refractivity contribution in [2.24, 2.45) is 5.92 Å². The molecule has 0 bridgehead atoms. The van der Waals surface area contributed by atoms with Gasteiger partial charge in [0.1, 0.15) is 24.2 Å². The largest absolute Gasteiger partial charge is 0.493 e. The van der Waals surface area contributed by atoms with E-state index in [1.807, 2.05) is 38.1 Å². The number of rotatable bonds is 4. The Bertz CT molecular complexity index is 992. The number of Topliss-reactive ketones (excluding diaryl/α,β-unsaturated/α-hetero) is 1. The second-order valence-corrected chi connectivity index (χ2v) is 8.73. The SMILES string of the molecule is Cc1cc(C)cc(OC2=COC3CC(OC(=O)c4ccccc4Br)CCC3C2=O)c1. The van der Waals surface area contributed by atoms with Crippen LogP contribution in [-0.2, 0) is 14.3 Å². The average molecular weight is 471 g/mol. The van der Waals surface area contributed by atoms with Crippen LogP contribution in [0.1, 0.15) is 40.7 Å². The van der Waals surface area contributed by atoms with Crippen LogP contribution in [0.5, 0.6) is 5.75 Å². The molecule has 0 spiro atoms. The molecule has 6 heteroatoms. The van der Waals surface area contributed by atoms with Crippen molar-refractivity contribution < 1.29 is 23.8 Å². The molecule has 1 saturated carbocycles. The lowest BCUT2D eigenvalue weighted by atomic mass is 9.80. The molecule has 1 fully saturated rings. The first kappa shape index (κ1) is 20.7. The smallest absolute Gasteiger partial charge is 0.339 e. The predicted molar refractivity (Wildman–Crippen MR) is 115 cm³/mol. The number of allylic oxidation sites excluding steroid dienone is 1. The Balaban J connectivity index is 1.41. The Hall–Kier alpha value is -2.60. The van der Waals surface area contributed by atoms with Gasteiger partial charge in [-0.1, -0.05) is 18.2 Å². The van der Waals surface area contributed by atoms with Crippen molar-refractivity contribution in [2.75, 3.05) is 0 Å². The number of aryl methyl sites for hydroxylation is 2. The number of carbonyl (C=O) groups is 2. The van der Waals surface area contributed by atoms with Gasteiger partial charge in [-0.25, -0.2) is 4.79 Å². The van der Waals surface area contributed by atoms with Crippen molar-refractivity contribution in [1.82, 2.24) is 0 Å². The van der Waals surface area contributed by atoms with Crippen molar-refractivity contribution in [3.63, 3.8) is 0 Å². The fraction of sp³-hybridized carbons (Fsp3) is 0.333. The quantitative estimate of drug-likeness (QED) is 0.568. The Morgan fingerprint density at radius 1 is 1.10 bits per heavy atom. The van der Waals surface area contributed by atoms with Crippen LogP contribution >= 0.6 is 15.9 Å². The van der Waals surface area contributed by atoms with E-state index in [2.05, 4.69) is 15.9 Å². The summed E-state index contributed by atoms with van der Waals surface area (Å²) in [5.41, 5.74) is 2.63. The van der Waals surface area contributed by atoms with Crippen LogP contribution in [0.2, 0.25) is 0 Å². The molecule has 0 radical (unpaired) electrons. The molecule has 2 aromatic carbocycles. The highest BCUT2D eigenvalue weighted by atomic mass is 79.9. The van der Waals surface area contributed by atoms with Gasteiger partial charge in [0.25, 0.3) is 0 Å². The number of ketones is 1. The number of fused-ring (bicyclic) bond motifs is 1. The van der Waals surface area contributed by atoms with Crippen LogP contribution in [-0.4, -0.2) is 24.0 Å². The van der Waals surface area contributed by atoms with E-state index in [0.29, 0.717) is 35.0 Å². The van der Waals surface area contributed by atoms with Gasteiger partial charge in [0.05, 0.1) is 11.5 Å². The second-order valence-electron chi connectivity index (χ2n) is 7.87. The van der Waals surface area contributed by atoms with Gasteiger partial charge in [0.2, 0.25) is 11.5 Å². The Morgan fingerprint density at radius 3 is 2.57 bits per heavy atom. The zero-order valence-electron chi connectivity index (χ0n) is 16.9. The molecule has 5 nitrogen and oxygen atoms in total. The van der Waals surface area contributed by atoms with Gasteiger partial charge < -0.3 is 14.2 Å².